The van der Waals surface area contributed by atoms with Gasteiger partial charge < -0.3 is 9.05 Å². The van der Waals surface area contributed by atoms with Crippen molar-refractivity contribution in [2.24, 2.45) is 0 Å². The van der Waals surface area contributed by atoms with E-state index < -0.39 is 6.80 Å². The van der Waals surface area contributed by atoms with Gasteiger partial charge in [-0.15, -0.1) is 0 Å². The number of ketones is 1. The number of carbonyl (C=O) groups is 1. The van der Waals surface area contributed by atoms with E-state index in [1.807, 2.05) is 32.0 Å². The summed E-state index contributed by atoms with van der Waals surface area (Å²) in [6.07, 6.45) is 1.09. The first-order chi connectivity index (χ1) is 10.4. The van der Waals surface area contributed by atoms with Crippen LogP contribution in [0, 0.1) is 13.8 Å². The van der Waals surface area contributed by atoms with Crippen molar-refractivity contribution in [2.75, 3.05) is 19.0 Å². The lowest BCUT2D eigenvalue weighted by Gasteiger charge is -2.15. The molecule has 0 heterocycles. The summed E-state index contributed by atoms with van der Waals surface area (Å²) in [5.74, 6) is 0.694. The Hall–Kier alpha value is -0.610. The van der Waals surface area contributed by atoms with Crippen LogP contribution in [0.2, 0.25) is 0 Å². The minimum absolute atomic E-state index is 0.117. The third kappa shape index (κ3) is 6.25. The van der Waals surface area contributed by atoms with Crippen LogP contribution in [0.4, 0.5) is 0 Å². The Labute approximate surface area is 137 Å². The Morgan fingerprint density at radius 1 is 1.14 bits per heavy atom. The highest BCUT2D eigenvalue weighted by Crippen LogP contribution is 2.60. The third-order valence-corrected chi connectivity index (χ3v) is 7.27. The number of carbonyl (C=O) groups excluding carboxylic acids is 1. The Kier molecular flexibility index (Phi) is 8.40. The van der Waals surface area contributed by atoms with Crippen LogP contribution in [0.1, 0.15) is 48.2 Å². The van der Waals surface area contributed by atoms with Gasteiger partial charge in [0.1, 0.15) is 0 Å². The van der Waals surface area contributed by atoms with E-state index in [9.17, 15) is 9.36 Å². The molecule has 0 amide bonds. The van der Waals surface area contributed by atoms with Crippen molar-refractivity contribution in [2.45, 2.75) is 40.5 Å². The first kappa shape index (κ1) is 19.4. The molecule has 0 saturated heterocycles. The minimum Gasteiger partial charge on any atom is -0.301 e. The van der Waals surface area contributed by atoms with Gasteiger partial charge in [0.25, 0.3) is 0 Å². The van der Waals surface area contributed by atoms with Gasteiger partial charge in [-0.25, -0.2) is 4.57 Å². The Morgan fingerprint density at radius 3 is 2.32 bits per heavy atom. The van der Waals surface area contributed by atoms with Crippen LogP contribution in [0.15, 0.2) is 18.2 Å². The zero-order valence-electron chi connectivity index (χ0n) is 13.8. The van der Waals surface area contributed by atoms with Crippen LogP contribution >= 0.6 is 18.2 Å². The SMILES string of the molecule is CCOP(=O)(OCC)SCCCC(=O)c1ccc(C)c(C)c1. The molecule has 0 unspecified atom stereocenters. The molecule has 0 aliphatic heterocycles. The molecule has 0 saturated carbocycles. The van der Waals surface area contributed by atoms with Gasteiger partial charge in [0.15, 0.2) is 5.78 Å². The molecule has 1 aromatic carbocycles. The van der Waals surface area contributed by atoms with Crippen molar-refractivity contribution in [3.63, 3.8) is 0 Å². The van der Waals surface area contributed by atoms with Gasteiger partial charge >= 0.3 is 6.80 Å². The van der Waals surface area contributed by atoms with E-state index in [-0.39, 0.29) is 5.78 Å². The second-order valence-corrected chi connectivity index (χ2v) is 9.14. The number of Topliss-reactive ketones (excluding diaryl/α,β-unsaturated/α-hetero) is 1. The van der Waals surface area contributed by atoms with E-state index in [4.69, 9.17) is 9.05 Å². The van der Waals surface area contributed by atoms with Gasteiger partial charge in [-0.1, -0.05) is 12.1 Å². The molecule has 1 rings (SSSR count). The highest BCUT2D eigenvalue weighted by atomic mass is 32.7. The lowest BCUT2D eigenvalue weighted by atomic mass is 10.0. The first-order valence-electron chi connectivity index (χ1n) is 7.56. The van der Waals surface area contributed by atoms with Crippen molar-refractivity contribution < 1.29 is 18.4 Å². The number of hydrogen-bond acceptors (Lipinski definition) is 5. The third-order valence-electron chi connectivity index (χ3n) is 3.20. The fraction of sp³-hybridized carbons (Fsp3) is 0.562. The first-order valence-corrected chi connectivity index (χ1v) is 10.7. The van der Waals surface area contributed by atoms with Crippen LogP contribution < -0.4 is 0 Å². The fourth-order valence-electron chi connectivity index (χ4n) is 1.90. The van der Waals surface area contributed by atoms with Gasteiger partial charge in [0, 0.05) is 17.7 Å². The minimum atomic E-state index is -3.06. The lowest BCUT2D eigenvalue weighted by molar-refractivity contribution is 0.0982. The number of hydrogen-bond donors (Lipinski definition) is 0. The number of benzene rings is 1. The largest absolute Gasteiger partial charge is 0.389 e. The summed E-state index contributed by atoms with van der Waals surface area (Å²) in [6, 6.07) is 5.76. The summed E-state index contributed by atoms with van der Waals surface area (Å²) >= 11 is 1.17. The summed E-state index contributed by atoms with van der Waals surface area (Å²) in [5, 5.41) is 0. The molecule has 22 heavy (non-hydrogen) atoms. The monoisotopic (exact) mass is 344 g/mol. The molecule has 0 N–H and O–H groups in total. The Balaban J connectivity index is 2.44. The number of aryl methyl sites for hydroxylation is 2. The van der Waals surface area contributed by atoms with E-state index in [2.05, 4.69) is 0 Å². The molecule has 0 aliphatic carbocycles. The molecule has 0 bridgehead atoms. The second-order valence-electron chi connectivity index (χ2n) is 4.94. The topological polar surface area (TPSA) is 52.6 Å². The molecule has 1 aromatic rings. The molecule has 0 atom stereocenters. The molecular formula is C16H25O4PS. The van der Waals surface area contributed by atoms with Crippen LogP contribution in [0.5, 0.6) is 0 Å². The quantitative estimate of drug-likeness (QED) is 0.332. The number of rotatable bonds is 10. The van der Waals surface area contributed by atoms with Crippen molar-refractivity contribution in [3.8, 4) is 0 Å². The average Bonchev–Trinajstić information content (AvgIpc) is 2.47. The van der Waals surface area contributed by atoms with Crippen molar-refractivity contribution >= 4 is 24.0 Å². The summed E-state index contributed by atoms with van der Waals surface area (Å²) < 4.78 is 22.6. The van der Waals surface area contributed by atoms with Gasteiger partial charge in [-0.3, -0.25) is 4.79 Å². The van der Waals surface area contributed by atoms with E-state index in [1.165, 1.54) is 16.9 Å². The van der Waals surface area contributed by atoms with Crippen LogP contribution in [0.25, 0.3) is 0 Å². The predicted octanol–water partition coefficient (Wildman–Crippen LogP) is 5.18. The second kappa shape index (κ2) is 9.51. The van der Waals surface area contributed by atoms with Crippen molar-refractivity contribution in [3.05, 3.63) is 34.9 Å². The average molecular weight is 344 g/mol. The molecule has 0 radical (unpaired) electrons. The highest BCUT2D eigenvalue weighted by Gasteiger charge is 2.24. The Bertz CT molecular complexity index is 535. The van der Waals surface area contributed by atoms with Gasteiger partial charge in [0.05, 0.1) is 13.2 Å². The van der Waals surface area contributed by atoms with Crippen LogP contribution in [-0.2, 0) is 13.6 Å². The summed E-state index contributed by atoms with van der Waals surface area (Å²) in [7, 11) is 0. The molecule has 124 valence electrons. The van der Waals surface area contributed by atoms with Gasteiger partial charge in [-0.05, 0) is 62.7 Å². The van der Waals surface area contributed by atoms with E-state index in [0.29, 0.717) is 31.8 Å². The maximum absolute atomic E-state index is 12.2. The normalized spacial score (nSPS) is 11.6. The summed E-state index contributed by atoms with van der Waals surface area (Å²) in [5.41, 5.74) is 3.05. The van der Waals surface area contributed by atoms with E-state index in [1.54, 1.807) is 13.8 Å². The maximum atomic E-state index is 12.2. The molecule has 0 aromatic heterocycles. The molecule has 0 aliphatic rings. The molecule has 6 heteroatoms. The van der Waals surface area contributed by atoms with Gasteiger partial charge in [0.2, 0.25) is 0 Å². The lowest BCUT2D eigenvalue weighted by Crippen LogP contribution is -2.01. The highest BCUT2D eigenvalue weighted by molar-refractivity contribution is 8.55. The molecule has 0 fully saturated rings. The zero-order valence-corrected chi connectivity index (χ0v) is 15.5. The van der Waals surface area contributed by atoms with Gasteiger partial charge in [-0.2, -0.15) is 0 Å². The predicted molar refractivity (Wildman–Crippen MR) is 92.8 cm³/mol. The molecular weight excluding hydrogens is 319 g/mol. The van der Waals surface area contributed by atoms with E-state index >= 15 is 0 Å². The van der Waals surface area contributed by atoms with Crippen LogP contribution in [-0.4, -0.2) is 24.7 Å². The summed E-state index contributed by atoms with van der Waals surface area (Å²) in [6.45, 7) is 5.25. The smallest absolute Gasteiger partial charge is 0.301 e. The van der Waals surface area contributed by atoms with Crippen molar-refractivity contribution in [1.29, 1.82) is 0 Å². The summed E-state index contributed by atoms with van der Waals surface area (Å²) in [4.78, 5) is 12.1. The Morgan fingerprint density at radius 2 is 1.77 bits per heavy atom. The standard InChI is InChI=1S/C16H25O4PS/c1-5-19-21(18,20-6-2)22-11-7-8-16(17)15-10-9-13(3)14(4)12-15/h9-10,12H,5-8,11H2,1-4H3. The fourth-order valence-corrected chi connectivity index (χ4v) is 5.39. The van der Waals surface area contributed by atoms with Crippen LogP contribution in [0.3, 0.4) is 0 Å². The molecule has 0 spiro atoms. The van der Waals surface area contributed by atoms with E-state index in [0.717, 1.165) is 11.1 Å². The maximum Gasteiger partial charge on any atom is 0.389 e. The molecule has 4 nitrogen and oxygen atoms in total. The zero-order chi connectivity index (χ0) is 16.6. The van der Waals surface area contributed by atoms with Crippen molar-refractivity contribution in [1.82, 2.24) is 0 Å².